The molecule has 4 nitrogen and oxygen atoms in total. The van der Waals surface area contributed by atoms with Gasteiger partial charge in [-0.05, 0) is 49.3 Å². The Morgan fingerprint density at radius 3 is 2.76 bits per heavy atom. The Morgan fingerprint density at radius 2 is 1.90 bits per heavy atom. The second-order valence-electron chi connectivity index (χ2n) is 4.71. The van der Waals surface area contributed by atoms with Gasteiger partial charge in [0, 0.05) is 10.3 Å². The second-order valence-corrected chi connectivity index (χ2v) is 9.06. The lowest BCUT2D eigenvalue weighted by atomic mass is 9.97. The summed E-state index contributed by atoms with van der Waals surface area (Å²) in [4.78, 5) is 11.6. The molecule has 0 spiro atoms. The van der Waals surface area contributed by atoms with E-state index < -0.39 is 0 Å². The van der Waals surface area contributed by atoms with Crippen molar-refractivity contribution in [2.24, 2.45) is 0 Å². The van der Waals surface area contributed by atoms with Gasteiger partial charge in [0.25, 0.3) is 0 Å². The summed E-state index contributed by atoms with van der Waals surface area (Å²) in [6, 6.07) is 0. The largest absolute Gasteiger partial charge is 0.229 e. The van der Waals surface area contributed by atoms with Crippen LogP contribution in [-0.2, 0) is 12.8 Å². The van der Waals surface area contributed by atoms with Crippen LogP contribution >= 0.6 is 46.2 Å². The zero-order chi connectivity index (χ0) is 14.2. The van der Waals surface area contributed by atoms with E-state index in [1.807, 2.05) is 17.6 Å². The molecule has 0 amide bonds. The minimum absolute atomic E-state index is 0.954. The zero-order valence-electron chi connectivity index (χ0n) is 11.3. The van der Waals surface area contributed by atoms with Crippen LogP contribution < -0.4 is 0 Å². The van der Waals surface area contributed by atoms with Crippen LogP contribution in [0.3, 0.4) is 0 Å². The molecule has 0 unspecified atom stereocenters. The maximum Gasteiger partial charge on any atom is 0.181 e. The van der Waals surface area contributed by atoms with E-state index >= 15 is 0 Å². The Kier molecular flexibility index (Phi) is 3.87. The zero-order valence-corrected chi connectivity index (χ0v) is 14.6. The van der Waals surface area contributed by atoms with Gasteiger partial charge in [0.1, 0.15) is 16.2 Å². The van der Waals surface area contributed by atoms with Crippen molar-refractivity contribution >= 4 is 56.4 Å². The van der Waals surface area contributed by atoms with Crippen molar-refractivity contribution in [1.29, 1.82) is 0 Å². The van der Waals surface area contributed by atoms with Crippen molar-refractivity contribution in [3.8, 4) is 0 Å². The van der Waals surface area contributed by atoms with Gasteiger partial charge in [-0.25, -0.2) is 9.97 Å². The number of fused-ring (bicyclic) bond motifs is 3. The first-order chi connectivity index (χ1) is 10.3. The highest BCUT2D eigenvalue weighted by atomic mass is 32.2. The highest BCUT2D eigenvalue weighted by Gasteiger charge is 2.21. The molecule has 0 aliphatic heterocycles. The number of hydrogen-bond acceptors (Lipinski definition) is 8. The summed E-state index contributed by atoms with van der Waals surface area (Å²) >= 11 is 6.70. The second kappa shape index (κ2) is 5.83. The number of aryl methyl sites for hydroxylation is 2. The van der Waals surface area contributed by atoms with Gasteiger partial charge >= 0.3 is 0 Å². The van der Waals surface area contributed by atoms with Crippen molar-refractivity contribution in [1.82, 2.24) is 20.2 Å². The molecule has 3 heterocycles. The Bertz CT molecular complexity index is 795. The number of nitrogens with zero attached hydrogens (tertiary/aromatic N) is 4. The predicted octanol–water partition coefficient (Wildman–Crippen LogP) is 4.29. The van der Waals surface area contributed by atoms with E-state index in [0.717, 1.165) is 25.0 Å². The Hall–Kier alpha value is -0.700. The summed E-state index contributed by atoms with van der Waals surface area (Å²) in [5.41, 5.74) is 1.47. The molecule has 3 aromatic rings. The van der Waals surface area contributed by atoms with E-state index in [2.05, 4.69) is 20.2 Å². The van der Waals surface area contributed by atoms with Crippen molar-refractivity contribution in [2.45, 2.75) is 39.4 Å². The summed E-state index contributed by atoms with van der Waals surface area (Å²) in [6.07, 6.45) is 8.60. The maximum absolute atomic E-state index is 4.51. The minimum atomic E-state index is 0.954. The smallest absolute Gasteiger partial charge is 0.181 e. The predicted molar refractivity (Wildman–Crippen MR) is 89.9 cm³/mol. The summed E-state index contributed by atoms with van der Waals surface area (Å²) in [5, 5.41) is 10.7. The molecule has 0 saturated heterocycles. The average Bonchev–Trinajstić information content (AvgIpc) is 3.11. The Balaban J connectivity index is 1.79. The summed E-state index contributed by atoms with van der Waals surface area (Å²) < 4.78 is 1.95. The first kappa shape index (κ1) is 13.9. The summed E-state index contributed by atoms with van der Waals surface area (Å²) in [5.74, 6) is 0. The fraction of sp³-hybridized carbons (Fsp3) is 0.385. The van der Waals surface area contributed by atoms with Gasteiger partial charge in [0.05, 0.1) is 0 Å². The van der Waals surface area contributed by atoms with Crippen molar-refractivity contribution in [3.63, 3.8) is 0 Å². The van der Waals surface area contributed by atoms with Gasteiger partial charge in [-0.1, -0.05) is 23.1 Å². The van der Waals surface area contributed by atoms with E-state index in [0.29, 0.717) is 0 Å². The number of rotatable bonds is 3. The minimum Gasteiger partial charge on any atom is -0.229 e. The molecule has 3 aromatic heterocycles. The average molecular weight is 353 g/mol. The third kappa shape index (κ3) is 2.58. The van der Waals surface area contributed by atoms with E-state index in [-0.39, 0.29) is 0 Å². The lowest BCUT2D eigenvalue weighted by molar-refractivity contribution is 0.699. The van der Waals surface area contributed by atoms with Gasteiger partial charge in [0.2, 0.25) is 0 Å². The van der Waals surface area contributed by atoms with Gasteiger partial charge < -0.3 is 0 Å². The lowest BCUT2D eigenvalue weighted by Gasteiger charge is -2.10. The highest BCUT2D eigenvalue weighted by Crippen LogP contribution is 2.41. The molecule has 8 heteroatoms. The molecule has 0 N–H and O–H groups in total. The summed E-state index contributed by atoms with van der Waals surface area (Å²) in [6.45, 7) is 0. The molecule has 0 bridgehead atoms. The van der Waals surface area contributed by atoms with Gasteiger partial charge in [0.15, 0.2) is 8.68 Å². The highest BCUT2D eigenvalue weighted by molar-refractivity contribution is 8.03. The van der Waals surface area contributed by atoms with E-state index in [1.54, 1.807) is 41.2 Å². The maximum atomic E-state index is 4.51. The molecule has 1 aliphatic rings. The third-order valence-electron chi connectivity index (χ3n) is 3.46. The van der Waals surface area contributed by atoms with E-state index in [9.17, 15) is 0 Å². The first-order valence-corrected chi connectivity index (χ1v) is 10.3. The van der Waals surface area contributed by atoms with Crippen LogP contribution in [0.1, 0.15) is 23.3 Å². The normalized spacial score (nSPS) is 14.5. The number of aromatic nitrogens is 4. The molecule has 0 atom stereocenters. The number of thioether (sulfide) groups is 1. The third-order valence-corrected chi connectivity index (χ3v) is 7.62. The van der Waals surface area contributed by atoms with Crippen molar-refractivity contribution in [3.05, 3.63) is 16.8 Å². The fourth-order valence-corrected chi connectivity index (χ4v) is 6.31. The Morgan fingerprint density at radius 1 is 1.05 bits per heavy atom. The van der Waals surface area contributed by atoms with E-state index in [4.69, 9.17) is 0 Å². The Labute approximate surface area is 138 Å². The quantitative estimate of drug-likeness (QED) is 0.517. The topological polar surface area (TPSA) is 51.6 Å². The van der Waals surface area contributed by atoms with Crippen LogP contribution in [0.15, 0.2) is 20.0 Å². The van der Waals surface area contributed by atoms with Gasteiger partial charge in [-0.15, -0.1) is 21.5 Å². The first-order valence-electron chi connectivity index (χ1n) is 6.66. The van der Waals surface area contributed by atoms with Crippen LogP contribution in [0.4, 0.5) is 0 Å². The molecule has 1 aliphatic carbocycles. The molecule has 4 rings (SSSR count). The standard InChI is InChI=1S/C13H12N4S4/c1-18-12-16-17-13(21-12)20-11-9-7-4-2-3-5-8(7)19-10(9)14-6-15-11/h6H,2-5H2,1H3. The molecule has 21 heavy (non-hydrogen) atoms. The van der Waals surface area contributed by atoms with Crippen LogP contribution in [0.25, 0.3) is 10.2 Å². The van der Waals surface area contributed by atoms with Crippen LogP contribution in [0, 0.1) is 0 Å². The van der Waals surface area contributed by atoms with Crippen molar-refractivity contribution < 1.29 is 0 Å². The number of hydrogen-bond donors (Lipinski definition) is 0. The number of thiophene rings is 1. The SMILES string of the molecule is CSc1nnc(Sc2ncnc3sc4c(c23)CCCC4)s1. The van der Waals surface area contributed by atoms with Gasteiger partial charge in [-0.3, -0.25) is 0 Å². The van der Waals surface area contributed by atoms with Crippen LogP contribution in [-0.4, -0.2) is 26.4 Å². The van der Waals surface area contributed by atoms with Crippen LogP contribution in [0.5, 0.6) is 0 Å². The molecular weight excluding hydrogens is 340 g/mol. The summed E-state index contributed by atoms with van der Waals surface area (Å²) in [7, 11) is 0. The van der Waals surface area contributed by atoms with Gasteiger partial charge in [-0.2, -0.15) is 0 Å². The van der Waals surface area contributed by atoms with Crippen molar-refractivity contribution in [2.75, 3.05) is 6.26 Å². The monoisotopic (exact) mass is 352 g/mol. The molecule has 0 saturated carbocycles. The van der Waals surface area contributed by atoms with E-state index in [1.165, 1.54) is 35.1 Å². The fourth-order valence-electron chi connectivity index (χ4n) is 2.54. The molecular formula is C13H12N4S4. The molecule has 0 aromatic carbocycles. The lowest BCUT2D eigenvalue weighted by Crippen LogP contribution is -1.98. The molecule has 0 radical (unpaired) electrons. The molecule has 0 fully saturated rings. The van der Waals surface area contributed by atoms with Crippen LogP contribution in [0.2, 0.25) is 0 Å². The molecule has 108 valence electrons.